The summed E-state index contributed by atoms with van der Waals surface area (Å²) >= 11 is 6.19. The lowest BCUT2D eigenvalue weighted by Gasteiger charge is -2.13. The van der Waals surface area contributed by atoms with Crippen LogP contribution >= 0.6 is 11.6 Å². The van der Waals surface area contributed by atoms with Crippen molar-refractivity contribution in [1.29, 1.82) is 0 Å². The molecule has 0 bridgehead atoms. The highest BCUT2D eigenvalue weighted by Gasteiger charge is 2.14. The molecule has 2 N–H and O–H groups in total. The third-order valence-electron chi connectivity index (χ3n) is 3.42. The van der Waals surface area contributed by atoms with Crippen molar-refractivity contribution in [1.82, 2.24) is 14.5 Å². The molecule has 0 saturated heterocycles. The van der Waals surface area contributed by atoms with Crippen LogP contribution in [0, 0.1) is 0 Å². The molecule has 0 saturated carbocycles. The fourth-order valence-electron chi connectivity index (χ4n) is 2.42. The summed E-state index contributed by atoms with van der Waals surface area (Å²) in [5.74, 6) is 0.665. The maximum atomic E-state index is 12.9. The molecule has 22 heavy (non-hydrogen) atoms. The van der Waals surface area contributed by atoms with Gasteiger partial charge in [-0.3, -0.25) is 14.3 Å². The van der Waals surface area contributed by atoms with Crippen molar-refractivity contribution < 1.29 is 0 Å². The number of nitrogens with two attached hydrogens (primary N) is 1. The Hall–Kier alpha value is -2.24. The molecule has 0 atom stereocenters. The van der Waals surface area contributed by atoms with Gasteiger partial charge >= 0.3 is 0 Å². The molecule has 0 radical (unpaired) electrons. The van der Waals surface area contributed by atoms with E-state index in [1.54, 1.807) is 41.2 Å². The van der Waals surface area contributed by atoms with Gasteiger partial charge < -0.3 is 5.73 Å². The minimum atomic E-state index is -0.185. The first kappa shape index (κ1) is 14.7. The van der Waals surface area contributed by atoms with E-state index in [-0.39, 0.29) is 5.56 Å². The Morgan fingerprint density at radius 3 is 2.82 bits per heavy atom. The predicted molar refractivity (Wildman–Crippen MR) is 87.5 cm³/mol. The molecule has 3 rings (SSSR count). The molecular weight excluding hydrogens is 300 g/mol. The third kappa shape index (κ3) is 2.61. The Morgan fingerprint density at radius 1 is 1.23 bits per heavy atom. The van der Waals surface area contributed by atoms with E-state index in [2.05, 4.69) is 9.97 Å². The molecule has 1 aromatic carbocycles. The van der Waals surface area contributed by atoms with E-state index in [1.165, 1.54) is 0 Å². The molecule has 0 unspecified atom stereocenters. The number of aromatic nitrogens is 3. The summed E-state index contributed by atoms with van der Waals surface area (Å²) in [4.78, 5) is 21.6. The number of halogens is 1. The maximum absolute atomic E-state index is 12.9. The zero-order valence-corrected chi connectivity index (χ0v) is 12.6. The minimum Gasteiger partial charge on any atom is -0.330 e. The van der Waals surface area contributed by atoms with Gasteiger partial charge in [-0.05, 0) is 37.2 Å². The number of pyridine rings is 1. The maximum Gasteiger partial charge on any atom is 0.267 e. The largest absolute Gasteiger partial charge is 0.330 e. The number of hydrogen-bond acceptors (Lipinski definition) is 4. The summed E-state index contributed by atoms with van der Waals surface area (Å²) in [5, 5.41) is 0.822. The van der Waals surface area contributed by atoms with Crippen molar-refractivity contribution in [2.75, 3.05) is 6.54 Å². The van der Waals surface area contributed by atoms with Gasteiger partial charge in [-0.1, -0.05) is 17.7 Å². The van der Waals surface area contributed by atoms with Crippen molar-refractivity contribution in [2.24, 2.45) is 5.73 Å². The van der Waals surface area contributed by atoms with Crippen LogP contribution in [-0.4, -0.2) is 21.1 Å². The summed E-state index contributed by atoms with van der Waals surface area (Å²) in [6, 6.07) is 8.89. The second-order valence-electron chi connectivity index (χ2n) is 4.91. The first-order valence-corrected chi connectivity index (χ1v) is 7.41. The lowest BCUT2D eigenvalue weighted by Crippen LogP contribution is -2.24. The molecule has 0 aliphatic carbocycles. The van der Waals surface area contributed by atoms with Crippen LogP contribution in [0.1, 0.15) is 12.2 Å². The Labute approximate surface area is 132 Å². The number of rotatable bonds is 4. The van der Waals surface area contributed by atoms with Crippen molar-refractivity contribution >= 4 is 22.5 Å². The van der Waals surface area contributed by atoms with E-state index in [0.717, 1.165) is 6.42 Å². The first-order chi connectivity index (χ1) is 10.7. The topological polar surface area (TPSA) is 73.8 Å². The van der Waals surface area contributed by atoms with Crippen molar-refractivity contribution in [2.45, 2.75) is 12.8 Å². The average molecular weight is 315 g/mol. The van der Waals surface area contributed by atoms with Gasteiger partial charge in [-0.15, -0.1) is 0 Å². The lowest BCUT2D eigenvalue weighted by atomic mass is 10.2. The molecule has 0 aliphatic rings. The van der Waals surface area contributed by atoms with Crippen LogP contribution in [0.3, 0.4) is 0 Å². The highest BCUT2D eigenvalue weighted by Crippen LogP contribution is 2.20. The van der Waals surface area contributed by atoms with Crippen LogP contribution in [0.15, 0.2) is 47.5 Å². The summed E-state index contributed by atoms with van der Waals surface area (Å²) in [6.07, 6.45) is 4.66. The van der Waals surface area contributed by atoms with Crippen LogP contribution < -0.4 is 11.3 Å². The minimum absolute atomic E-state index is 0.185. The van der Waals surface area contributed by atoms with Gasteiger partial charge in [-0.25, -0.2) is 4.98 Å². The molecule has 2 heterocycles. The fraction of sp³-hybridized carbons (Fsp3) is 0.188. The number of nitrogens with zero attached hydrogens (tertiary/aromatic N) is 3. The van der Waals surface area contributed by atoms with Crippen LogP contribution in [0.4, 0.5) is 0 Å². The van der Waals surface area contributed by atoms with E-state index in [9.17, 15) is 4.79 Å². The highest BCUT2D eigenvalue weighted by atomic mass is 35.5. The van der Waals surface area contributed by atoms with Gasteiger partial charge in [0, 0.05) is 12.6 Å². The SMILES string of the molecule is NCCCc1nc2cccc(Cl)c2c(=O)n1-c1cccnc1. The van der Waals surface area contributed by atoms with E-state index < -0.39 is 0 Å². The van der Waals surface area contributed by atoms with Gasteiger partial charge in [-0.2, -0.15) is 0 Å². The van der Waals surface area contributed by atoms with Gasteiger partial charge in [0.2, 0.25) is 0 Å². The molecule has 0 aliphatic heterocycles. The Kier molecular flexibility index (Phi) is 4.18. The number of fused-ring (bicyclic) bond motifs is 1. The second kappa shape index (κ2) is 6.25. The molecule has 0 fully saturated rings. The second-order valence-corrected chi connectivity index (χ2v) is 5.31. The molecular formula is C16H15ClN4O. The lowest BCUT2D eigenvalue weighted by molar-refractivity contribution is 0.740. The number of hydrogen-bond donors (Lipinski definition) is 1. The van der Waals surface area contributed by atoms with E-state index >= 15 is 0 Å². The smallest absolute Gasteiger partial charge is 0.267 e. The molecule has 2 aromatic heterocycles. The normalized spacial score (nSPS) is 11.0. The number of benzene rings is 1. The van der Waals surface area contributed by atoms with Gasteiger partial charge in [0.05, 0.1) is 27.8 Å². The predicted octanol–water partition coefficient (Wildman–Crippen LogP) is 2.33. The fourth-order valence-corrected chi connectivity index (χ4v) is 2.67. The van der Waals surface area contributed by atoms with Gasteiger partial charge in [0.1, 0.15) is 5.82 Å². The Bertz CT molecular complexity index is 861. The van der Waals surface area contributed by atoms with Crippen molar-refractivity contribution in [3.05, 3.63) is 63.9 Å². The third-order valence-corrected chi connectivity index (χ3v) is 3.74. The number of aryl methyl sites for hydroxylation is 1. The van der Waals surface area contributed by atoms with E-state index in [0.29, 0.717) is 40.4 Å². The van der Waals surface area contributed by atoms with Gasteiger partial charge in [0.15, 0.2) is 0 Å². The summed E-state index contributed by atoms with van der Waals surface area (Å²) in [5.41, 5.74) is 6.68. The molecule has 6 heteroatoms. The molecule has 112 valence electrons. The standard InChI is InChI=1S/C16H15ClN4O/c17-12-5-1-6-13-15(12)16(22)21(11-4-3-9-19-10-11)14(20-13)7-2-8-18/h1,3-6,9-10H,2,7-8,18H2. The Morgan fingerprint density at radius 2 is 2.09 bits per heavy atom. The zero-order chi connectivity index (χ0) is 15.5. The first-order valence-electron chi connectivity index (χ1n) is 7.03. The quantitative estimate of drug-likeness (QED) is 0.802. The molecule has 0 amide bonds. The van der Waals surface area contributed by atoms with Crippen molar-refractivity contribution in [3.8, 4) is 5.69 Å². The Balaban J connectivity index is 2.34. The van der Waals surface area contributed by atoms with Gasteiger partial charge in [0.25, 0.3) is 5.56 Å². The monoisotopic (exact) mass is 314 g/mol. The van der Waals surface area contributed by atoms with E-state index in [1.807, 2.05) is 6.07 Å². The summed E-state index contributed by atoms with van der Waals surface area (Å²) in [6.45, 7) is 0.538. The molecule has 3 aromatic rings. The van der Waals surface area contributed by atoms with Crippen LogP contribution in [-0.2, 0) is 6.42 Å². The van der Waals surface area contributed by atoms with Crippen LogP contribution in [0.25, 0.3) is 16.6 Å². The molecule has 0 spiro atoms. The zero-order valence-electron chi connectivity index (χ0n) is 11.9. The summed E-state index contributed by atoms with van der Waals surface area (Å²) in [7, 11) is 0. The van der Waals surface area contributed by atoms with E-state index in [4.69, 9.17) is 17.3 Å². The summed E-state index contributed by atoms with van der Waals surface area (Å²) < 4.78 is 1.57. The average Bonchev–Trinajstić information content (AvgIpc) is 2.53. The van der Waals surface area contributed by atoms with Crippen LogP contribution in [0.5, 0.6) is 0 Å². The van der Waals surface area contributed by atoms with Crippen molar-refractivity contribution in [3.63, 3.8) is 0 Å². The van der Waals surface area contributed by atoms with Crippen LogP contribution in [0.2, 0.25) is 5.02 Å². The molecule has 5 nitrogen and oxygen atoms in total. The highest BCUT2D eigenvalue weighted by molar-refractivity contribution is 6.35.